The van der Waals surface area contributed by atoms with E-state index in [4.69, 9.17) is 5.73 Å². The summed E-state index contributed by atoms with van der Waals surface area (Å²) < 4.78 is 0. The largest absolute Gasteiger partial charge is 0.387 e. The van der Waals surface area contributed by atoms with Gasteiger partial charge in [0, 0.05) is 32.8 Å². The van der Waals surface area contributed by atoms with E-state index >= 15 is 0 Å². The first kappa shape index (κ1) is 13.6. The van der Waals surface area contributed by atoms with Crippen molar-refractivity contribution in [3.05, 3.63) is 43.8 Å². The van der Waals surface area contributed by atoms with Crippen molar-refractivity contribution in [1.82, 2.24) is 0 Å². The predicted molar refractivity (Wildman–Crippen MR) is 85.3 cm³/mol. The highest BCUT2D eigenvalue weighted by atomic mass is 32.2. The standard InChI is InChI=1S/C14H17NOS3/c15-7-10(12-2-1-4-18-12)14(16)13-6-9-8-17-5-3-11(9)19-13/h1-2,4,6,10,14,16H,3,5,7-8,15H2. The van der Waals surface area contributed by atoms with Gasteiger partial charge in [0.1, 0.15) is 0 Å². The molecule has 0 bridgehead atoms. The topological polar surface area (TPSA) is 46.2 Å². The van der Waals surface area contributed by atoms with Crippen LogP contribution in [0, 0.1) is 0 Å². The third-order valence-corrected chi connectivity index (χ3v) is 6.80. The summed E-state index contributed by atoms with van der Waals surface area (Å²) in [6.07, 6.45) is 0.674. The van der Waals surface area contributed by atoms with Crippen molar-refractivity contribution in [2.75, 3.05) is 12.3 Å². The molecule has 0 saturated carbocycles. The van der Waals surface area contributed by atoms with E-state index in [0.717, 1.165) is 17.1 Å². The van der Waals surface area contributed by atoms with Crippen LogP contribution in [0.15, 0.2) is 23.6 Å². The molecular formula is C14H17NOS3. The first-order chi connectivity index (χ1) is 9.29. The van der Waals surface area contributed by atoms with Crippen molar-refractivity contribution < 1.29 is 5.11 Å². The van der Waals surface area contributed by atoms with Crippen LogP contribution in [0.3, 0.4) is 0 Å². The molecule has 19 heavy (non-hydrogen) atoms. The van der Waals surface area contributed by atoms with Gasteiger partial charge in [-0.05, 0) is 35.2 Å². The van der Waals surface area contributed by atoms with Gasteiger partial charge in [0.2, 0.25) is 0 Å². The van der Waals surface area contributed by atoms with Crippen LogP contribution in [0.25, 0.3) is 0 Å². The summed E-state index contributed by atoms with van der Waals surface area (Å²) in [5.74, 6) is 2.31. The summed E-state index contributed by atoms with van der Waals surface area (Å²) in [5, 5.41) is 12.7. The first-order valence-electron chi connectivity index (χ1n) is 6.40. The van der Waals surface area contributed by atoms with Crippen LogP contribution in [0.4, 0.5) is 0 Å². The zero-order chi connectivity index (χ0) is 13.2. The summed E-state index contributed by atoms with van der Waals surface area (Å²) >= 11 is 5.42. The third-order valence-electron chi connectivity index (χ3n) is 3.48. The van der Waals surface area contributed by atoms with Gasteiger partial charge in [0.25, 0.3) is 0 Å². The molecule has 1 aliphatic heterocycles. The van der Waals surface area contributed by atoms with E-state index in [-0.39, 0.29) is 5.92 Å². The average Bonchev–Trinajstić information content (AvgIpc) is 3.08. The van der Waals surface area contributed by atoms with Gasteiger partial charge in [-0.15, -0.1) is 22.7 Å². The molecular weight excluding hydrogens is 294 g/mol. The molecule has 1 aliphatic rings. The molecule has 0 amide bonds. The van der Waals surface area contributed by atoms with Gasteiger partial charge in [0.15, 0.2) is 0 Å². The Balaban J connectivity index is 1.86. The number of rotatable bonds is 4. The monoisotopic (exact) mass is 311 g/mol. The molecule has 3 rings (SSSR count). The number of thioether (sulfide) groups is 1. The molecule has 5 heteroatoms. The van der Waals surface area contributed by atoms with Gasteiger partial charge in [-0.2, -0.15) is 11.8 Å². The number of fused-ring (bicyclic) bond motifs is 1. The highest BCUT2D eigenvalue weighted by Gasteiger charge is 2.25. The van der Waals surface area contributed by atoms with E-state index in [1.165, 1.54) is 21.1 Å². The lowest BCUT2D eigenvalue weighted by Crippen LogP contribution is -2.18. The second-order valence-corrected chi connectivity index (χ2v) is 7.95. The van der Waals surface area contributed by atoms with E-state index in [1.807, 2.05) is 23.2 Å². The van der Waals surface area contributed by atoms with E-state index in [1.54, 1.807) is 22.7 Å². The SMILES string of the molecule is NCC(c1cccs1)C(O)c1cc2c(s1)CCSC2. The number of aryl methyl sites for hydroxylation is 1. The number of thiophene rings is 2. The van der Waals surface area contributed by atoms with Crippen molar-refractivity contribution in [1.29, 1.82) is 0 Å². The van der Waals surface area contributed by atoms with E-state index in [0.29, 0.717) is 6.54 Å². The molecule has 3 N–H and O–H groups in total. The maximum atomic E-state index is 10.6. The van der Waals surface area contributed by atoms with Crippen LogP contribution < -0.4 is 5.73 Å². The Labute approximate surface area is 125 Å². The number of hydrogen-bond acceptors (Lipinski definition) is 5. The van der Waals surface area contributed by atoms with Crippen molar-refractivity contribution >= 4 is 34.4 Å². The Kier molecular flexibility index (Phi) is 4.29. The minimum Gasteiger partial charge on any atom is -0.387 e. The van der Waals surface area contributed by atoms with Crippen LogP contribution >= 0.6 is 34.4 Å². The lowest BCUT2D eigenvalue weighted by Gasteiger charge is -2.19. The molecule has 3 heterocycles. The quantitative estimate of drug-likeness (QED) is 0.910. The summed E-state index contributed by atoms with van der Waals surface area (Å²) in [6, 6.07) is 6.27. The van der Waals surface area contributed by atoms with Gasteiger partial charge >= 0.3 is 0 Å². The molecule has 2 nitrogen and oxygen atoms in total. The zero-order valence-electron chi connectivity index (χ0n) is 10.5. The predicted octanol–water partition coefficient (Wildman–Crippen LogP) is 3.37. The van der Waals surface area contributed by atoms with Gasteiger partial charge in [-0.3, -0.25) is 0 Å². The normalized spacial score (nSPS) is 18.0. The van der Waals surface area contributed by atoms with Crippen LogP contribution in [0.1, 0.15) is 32.2 Å². The van der Waals surface area contributed by atoms with E-state index < -0.39 is 6.10 Å². The molecule has 2 aromatic rings. The van der Waals surface area contributed by atoms with Crippen molar-refractivity contribution in [3.8, 4) is 0 Å². The fourth-order valence-corrected chi connectivity index (χ4v) is 5.72. The second kappa shape index (κ2) is 5.97. The molecule has 2 aromatic heterocycles. The van der Waals surface area contributed by atoms with E-state index in [9.17, 15) is 5.11 Å². The Morgan fingerprint density at radius 1 is 1.37 bits per heavy atom. The Morgan fingerprint density at radius 2 is 2.26 bits per heavy atom. The summed E-state index contributed by atoms with van der Waals surface area (Å²) in [7, 11) is 0. The molecule has 0 fully saturated rings. The molecule has 0 spiro atoms. The lowest BCUT2D eigenvalue weighted by atomic mass is 9.99. The summed E-state index contributed by atoms with van der Waals surface area (Å²) in [6.45, 7) is 0.485. The smallest absolute Gasteiger partial charge is 0.0970 e. The Morgan fingerprint density at radius 3 is 2.95 bits per heavy atom. The minimum absolute atomic E-state index is 0.0211. The fourth-order valence-electron chi connectivity index (χ4n) is 2.42. The lowest BCUT2D eigenvalue weighted by molar-refractivity contribution is 0.152. The third kappa shape index (κ3) is 2.76. The van der Waals surface area contributed by atoms with Gasteiger partial charge in [0.05, 0.1) is 6.10 Å². The fraction of sp³-hybridized carbons (Fsp3) is 0.429. The molecule has 2 atom stereocenters. The second-order valence-electron chi connectivity index (χ2n) is 4.70. The first-order valence-corrected chi connectivity index (χ1v) is 9.25. The zero-order valence-corrected chi connectivity index (χ0v) is 13.0. The van der Waals surface area contributed by atoms with Crippen molar-refractivity contribution in [3.63, 3.8) is 0 Å². The van der Waals surface area contributed by atoms with Gasteiger partial charge < -0.3 is 10.8 Å². The maximum Gasteiger partial charge on any atom is 0.0970 e. The number of hydrogen-bond donors (Lipinski definition) is 2. The number of aliphatic hydroxyl groups is 1. The summed E-state index contributed by atoms with van der Waals surface area (Å²) in [4.78, 5) is 3.71. The van der Waals surface area contributed by atoms with Gasteiger partial charge in [-0.25, -0.2) is 0 Å². The highest BCUT2D eigenvalue weighted by molar-refractivity contribution is 7.98. The highest BCUT2D eigenvalue weighted by Crippen LogP contribution is 2.39. The minimum atomic E-state index is -0.468. The van der Waals surface area contributed by atoms with Crippen LogP contribution in [0.5, 0.6) is 0 Å². The maximum absolute atomic E-state index is 10.6. The molecule has 0 aliphatic carbocycles. The van der Waals surface area contributed by atoms with Gasteiger partial charge in [-0.1, -0.05) is 6.07 Å². The Hall–Kier alpha value is -0.330. The van der Waals surface area contributed by atoms with Crippen molar-refractivity contribution in [2.24, 2.45) is 5.73 Å². The molecule has 0 aromatic carbocycles. The van der Waals surface area contributed by atoms with Crippen LogP contribution in [0.2, 0.25) is 0 Å². The molecule has 2 unspecified atom stereocenters. The molecule has 0 saturated heterocycles. The Bertz CT molecular complexity index is 511. The summed E-state index contributed by atoms with van der Waals surface area (Å²) in [5.41, 5.74) is 7.29. The number of nitrogens with two attached hydrogens (primary N) is 1. The van der Waals surface area contributed by atoms with Crippen LogP contribution in [-0.2, 0) is 12.2 Å². The molecule has 0 radical (unpaired) electrons. The number of aliphatic hydroxyl groups excluding tert-OH is 1. The van der Waals surface area contributed by atoms with Crippen molar-refractivity contribution in [2.45, 2.75) is 24.2 Å². The van der Waals surface area contributed by atoms with E-state index in [2.05, 4.69) is 12.1 Å². The van der Waals surface area contributed by atoms with Crippen LogP contribution in [-0.4, -0.2) is 17.4 Å². The average molecular weight is 311 g/mol. The molecule has 102 valence electrons.